The van der Waals surface area contributed by atoms with E-state index in [2.05, 4.69) is 31.3 Å². The van der Waals surface area contributed by atoms with Gasteiger partial charge in [0.1, 0.15) is 0 Å². The van der Waals surface area contributed by atoms with E-state index in [0.717, 1.165) is 38.5 Å². The van der Waals surface area contributed by atoms with Gasteiger partial charge in [0.25, 0.3) is 0 Å². The average Bonchev–Trinajstić information content (AvgIpc) is 3.54. The molecule has 0 aromatic rings. The number of carbonyl (C=O) groups excluding carboxylic acids is 2. The van der Waals surface area contributed by atoms with E-state index in [-0.39, 0.29) is 18.5 Å². The number of hydrogen-bond acceptors (Lipinski definition) is 5. The number of carbonyl (C=O) groups is 2. The first-order valence-corrected chi connectivity index (χ1v) is 39.9. The second kappa shape index (κ2) is 76.1. The third-order valence-electron chi connectivity index (χ3n) is 19.1. The van der Waals surface area contributed by atoms with Gasteiger partial charge in [-0.1, -0.05) is 411 Å². The summed E-state index contributed by atoms with van der Waals surface area (Å²) in [5.41, 5.74) is 0. The van der Waals surface area contributed by atoms with Crippen molar-refractivity contribution >= 4 is 11.9 Å². The minimum absolute atomic E-state index is 0.0244. The fourth-order valence-electron chi connectivity index (χ4n) is 13.0. The second-order valence-corrected chi connectivity index (χ2v) is 27.8. The molecule has 0 aromatic carbocycles. The van der Waals surface area contributed by atoms with E-state index in [1.807, 2.05) is 0 Å². The van der Waals surface area contributed by atoms with Gasteiger partial charge in [-0.25, -0.2) is 0 Å². The Morgan fingerprint density at radius 1 is 0.314 bits per heavy atom. The number of hydrogen-bond donors (Lipinski definition) is 3. The number of esters is 1. The van der Waals surface area contributed by atoms with Crippen molar-refractivity contribution in [2.24, 2.45) is 0 Å². The molecule has 0 aromatic heterocycles. The molecule has 0 aliphatic heterocycles. The first-order valence-electron chi connectivity index (χ1n) is 39.9. The molecule has 2 atom stereocenters. The largest absolute Gasteiger partial charge is 0.466 e. The van der Waals surface area contributed by atoms with Gasteiger partial charge >= 0.3 is 5.97 Å². The van der Waals surface area contributed by atoms with Crippen molar-refractivity contribution in [2.45, 2.75) is 475 Å². The number of ether oxygens (including phenoxy) is 1. The fourth-order valence-corrected chi connectivity index (χ4v) is 13.0. The lowest BCUT2D eigenvalue weighted by Gasteiger charge is -2.22. The van der Waals surface area contributed by atoms with Crippen LogP contribution in [0.15, 0.2) is 12.2 Å². The Kier molecular flexibility index (Phi) is 74.8. The highest BCUT2D eigenvalue weighted by molar-refractivity contribution is 5.76. The van der Waals surface area contributed by atoms with E-state index in [9.17, 15) is 19.8 Å². The van der Waals surface area contributed by atoms with Crippen LogP contribution in [-0.2, 0) is 14.3 Å². The zero-order chi connectivity index (χ0) is 62.0. The lowest BCUT2D eigenvalue weighted by Crippen LogP contribution is -2.45. The number of amides is 1. The number of unbranched alkanes of at least 4 members (excludes halogenated alkanes) is 63. The summed E-state index contributed by atoms with van der Waals surface area (Å²) in [5.74, 6) is -0.00250. The van der Waals surface area contributed by atoms with Crippen molar-refractivity contribution in [1.82, 2.24) is 5.32 Å². The first kappa shape index (κ1) is 84.6. The summed E-state index contributed by atoms with van der Waals surface area (Å²) >= 11 is 0. The standard InChI is InChI=1S/C80H157NO5/c1-3-5-7-9-11-13-15-17-19-21-40-44-48-52-56-60-64-68-72-78(83)77(76-82)81-79(84)73-69-65-61-57-53-49-45-41-38-36-34-32-30-28-26-24-23-25-27-29-31-33-35-37-39-43-47-51-55-59-63-67-71-75-86-80(85)74-70-66-62-58-54-50-46-42-22-20-18-16-14-12-10-8-6-4-2/h27,29,77-78,82-83H,3-26,28,30-76H2,1-2H3,(H,81,84)/b29-27-. The minimum Gasteiger partial charge on any atom is -0.466 e. The van der Waals surface area contributed by atoms with E-state index in [4.69, 9.17) is 4.74 Å². The van der Waals surface area contributed by atoms with E-state index in [1.165, 1.54) is 392 Å². The molecule has 1 amide bonds. The van der Waals surface area contributed by atoms with Gasteiger partial charge in [-0.2, -0.15) is 0 Å². The van der Waals surface area contributed by atoms with Crippen molar-refractivity contribution in [3.63, 3.8) is 0 Å². The molecule has 6 nitrogen and oxygen atoms in total. The zero-order valence-corrected chi connectivity index (χ0v) is 58.8. The Balaban J connectivity index is 3.33. The average molecular weight is 1210 g/mol. The SMILES string of the molecule is CCCCCCCCCCCCCCCCCCCCC(=O)OCCCCCCCCCCCCCC/C=C\CCCCCCCCCCCCCCCCCCCC(=O)NC(CO)C(O)CCCCCCCCCCCCCCCCCCCC. The maximum absolute atomic E-state index is 12.5. The predicted molar refractivity (Wildman–Crippen MR) is 380 cm³/mol. The van der Waals surface area contributed by atoms with E-state index in [0.29, 0.717) is 25.9 Å². The van der Waals surface area contributed by atoms with Gasteiger partial charge in [0, 0.05) is 12.8 Å². The van der Waals surface area contributed by atoms with Gasteiger partial charge in [0.05, 0.1) is 25.4 Å². The quantitative estimate of drug-likeness (QED) is 0.0320. The molecule has 6 heteroatoms. The van der Waals surface area contributed by atoms with Crippen molar-refractivity contribution in [3.8, 4) is 0 Å². The summed E-state index contributed by atoms with van der Waals surface area (Å²) in [6, 6.07) is -0.539. The van der Waals surface area contributed by atoms with E-state index in [1.54, 1.807) is 0 Å². The highest BCUT2D eigenvalue weighted by Gasteiger charge is 2.20. The molecule has 2 unspecified atom stereocenters. The molecule has 0 bridgehead atoms. The van der Waals surface area contributed by atoms with Crippen molar-refractivity contribution in [1.29, 1.82) is 0 Å². The Morgan fingerprint density at radius 3 is 0.826 bits per heavy atom. The molecular weight excluding hydrogens is 1050 g/mol. The van der Waals surface area contributed by atoms with Gasteiger partial charge in [-0.15, -0.1) is 0 Å². The normalized spacial score (nSPS) is 12.5. The summed E-state index contributed by atoms with van der Waals surface area (Å²) in [7, 11) is 0. The summed E-state index contributed by atoms with van der Waals surface area (Å²) in [6.07, 6.45) is 95.9. The lowest BCUT2D eigenvalue weighted by molar-refractivity contribution is -0.143. The fraction of sp³-hybridized carbons (Fsp3) is 0.950. The molecule has 0 aliphatic rings. The molecule has 0 spiro atoms. The third-order valence-corrected chi connectivity index (χ3v) is 19.1. The van der Waals surface area contributed by atoms with Crippen LogP contribution in [0.4, 0.5) is 0 Å². The van der Waals surface area contributed by atoms with Crippen molar-refractivity contribution in [3.05, 3.63) is 12.2 Å². The Morgan fingerprint density at radius 2 is 0.547 bits per heavy atom. The molecule has 86 heavy (non-hydrogen) atoms. The number of rotatable bonds is 76. The molecular formula is C80H157NO5. The lowest BCUT2D eigenvalue weighted by atomic mass is 10.0. The highest BCUT2D eigenvalue weighted by atomic mass is 16.5. The van der Waals surface area contributed by atoms with Gasteiger partial charge in [0.2, 0.25) is 5.91 Å². The topological polar surface area (TPSA) is 95.9 Å². The van der Waals surface area contributed by atoms with Crippen molar-refractivity contribution in [2.75, 3.05) is 13.2 Å². The summed E-state index contributed by atoms with van der Waals surface area (Å²) < 4.78 is 5.52. The van der Waals surface area contributed by atoms with Crippen LogP contribution in [0.2, 0.25) is 0 Å². The van der Waals surface area contributed by atoms with Crippen LogP contribution in [-0.4, -0.2) is 47.4 Å². The van der Waals surface area contributed by atoms with Gasteiger partial charge in [-0.05, 0) is 51.4 Å². The smallest absolute Gasteiger partial charge is 0.305 e. The summed E-state index contributed by atoms with van der Waals surface area (Å²) in [6.45, 7) is 5.01. The number of allylic oxidation sites excluding steroid dienone is 2. The molecule has 0 aliphatic carbocycles. The van der Waals surface area contributed by atoms with E-state index < -0.39 is 12.1 Å². The second-order valence-electron chi connectivity index (χ2n) is 27.8. The summed E-state index contributed by atoms with van der Waals surface area (Å²) in [5, 5.41) is 23.4. The molecule has 0 rings (SSSR count). The van der Waals surface area contributed by atoms with Crippen LogP contribution in [0, 0.1) is 0 Å². The Labute approximate surface area is 539 Å². The van der Waals surface area contributed by atoms with Crippen LogP contribution in [0.1, 0.15) is 463 Å². The van der Waals surface area contributed by atoms with Gasteiger partial charge in [0.15, 0.2) is 0 Å². The molecule has 0 saturated heterocycles. The highest BCUT2D eigenvalue weighted by Crippen LogP contribution is 2.20. The molecule has 3 N–H and O–H groups in total. The van der Waals surface area contributed by atoms with Crippen molar-refractivity contribution < 1.29 is 24.5 Å². The number of aliphatic hydroxyl groups is 2. The number of nitrogens with one attached hydrogen (secondary N) is 1. The maximum Gasteiger partial charge on any atom is 0.305 e. The zero-order valence-electron chi connectivity index (χ0n) is 58.8. The van der Waals surface area contributed by atoms with Crippen LogP contribution < -0.4 is 5.32 Å². The van der Waals surface area contributed by atoms with Crippen LogP contribution in [0.5, 0.6) is 0 Å². The molecule has 0 radical (unpaired) electrons. The van der Waals surface area contributed by atoms with E-state index >= 15 is 0 Å². The molecule has 0 saturated carbocycles. The van der Waals surface area contributed by atoms with Crippen LogP contribution in [0.25, 0.3) is 0 Å². The summed E-state index contributed by atoms with van der Waals surface area (Å²) in [4.78, 5) is 24.7. The van der Waals surface area contributed by atoms with Crippen LogP contribution >= 0.6 is 0 Å². The Bertz CT molecular complexity index is 1300. The third kappa shape index (κ3) is 71.7. The molecule has 0 fully saturated rings. The molecule has 0 heterocycles. The number of aliphatic hydroxyl groups excluding tert-OH is 2. The monoisotopic (exact) mass is 1210 g/mol. The molecule has 512 valence electrons. The Hall–Kier alpha value is -1.40. The minimum atomic E-state index is -0.662. The predicted octanol–water partition coefficient (Wildman–Crippen LogP) is 26.3. The van der Waals surface area contributed by atoms with Crippen LogP contribution in [0.3, 0.4) is 0 Å². The first-order chi connectivity index (χ1) is 42.5. The maximum atomic E-state index is 12.5. The van der Waals surface area contributed by atoms with Gasteiger partial charge < -0.3 is 20.3 Å². The van der Waals surface area contributed by atoms with Gasteiger partial charge in [-0.3, -0.25) is 9.59 Å².